The molecule has 0 aromatic carbocycles. The van der Waals surface area contributed by atoms with Crippen molar-refractivity contribution in [1.29, 1.82) is 0 Å². The van der Waals surface area contributed by atoms with E-state index >= 15 is 0 Å². The van der Waals surface area contributed by atoms with E-state index in [9.17, 15) is 10.1 Å². The molecule has 0 saturated carbocycles. The average Bonchev–Trinajstić information content (AvgIpc) is 2.82. The van der Waals surface area contributed by atoms with E-state index in [4.69, 9.17) is 0 Å². The maximum atomic E-state index is 11.2. The molecule has 0 amide bonds. The van der Waals surface area contributed by atoms with E-state index in [0.717, 1.165) is 9.88 Å². The number of hydrogen-bond donors (Lipinski definition) is 2. The number of aromatic nitrogens is 3. The number of rotatable bonds is 6. The number of aryl methyl sites for hydroxylation is 1. The zero-order valence-corrected chi connectivity index (χ0v) is 11.9. The van der Waals surface area contributed by atoms with Crippen molar-refractivity contribution < 1.29 is 4.92 Å². The molecule has 0 aliphatic heterocycles. The van der Waals surface area contributed by atoms with Crippen molar-refractivity contribution in [2.75, 3.05) is 17.2 Å². The smallest absolute Gasteiger partial charge is 0.353 e. The zero-order chi connectivity index (χ0) is 14.5. The molecule has 106 valence electrons. The third-order valence-corrected chi connectivity index (χ3v) is 3.36. The van der Waals surface area contributed by atoms with Crippen LogP contribution in [0.4, 0.5) is 17.3 Å². The van der Waals surface area contributed by atoms with Crippen molar-refractivity contribution in [3.8, 4) is 0 Å². The molecule has 0 aliphatic carbocycles. The SMILES string of the molecule is CCNc1ncnc(NCc2cnc(C)s2)c1[N+](=O)[O-]. The molecule has 0 atom stereocenters. The van der Waals surface area contributed by atoms with Gasteiger partial charge in [0, 0.05) is 17.6 Å². The van der Waals surface area contributed by atoms with E-state index in [-0.39, 0.29) is 17.3 Å². The van der Waals surface area contributed by atoms with E-state index < -0.39 is 4.92 Å². The van der Waals surface area contributed by atoms with Crippen LogP contribution in [-0.2, 0) is 6.54 Å². The first-order chi connectivity index (χ1) is 9.61. The summed E-state index contributed by atoms with van der Waals surface area (Å²) in [6.45, 7) is 4.74. The molecule has 2 N–H and O–H groups in total. The fraction of sp³-hybridized carbons (Fsp3) is 0.364. The van der Waals surface area contributed by atoms with Gasteiger partial charge in [0.2, 0.25) is 11.6 Å². The van der Waals surface area contributed by atoms with Gasteiger partial charge in [-0.3, -0.25) is 10.1 Å². The highest BCUT2D eigenvalue weighted by atomic mass is 32.1. The lowest BCUT2D eigenvalue weighted by Gasteiger charge is -2.08. The molecule has 8 nitrogen and oxygen atoms in total. The second-order valence-corrected chi connectivity index (χ2v) is 5.23. The van der Waals surface area contributed by atoms with Gasteiger partial charge < -0.3 is 10.6 Å². The molecule has 2 aromatic heterocycles. The summed E-state index contributed by atoms with van der Waals surface area (Å²) in [5, 5.41) is 17.9. The molecule has 2 heterocycles. The van der Waals surface area contributed by atoms with Gasteiger partial charge in [-0.05, 0) is 13.8 Å². The number of nitro groups is 1. The van der Waals surface area contributed by atoms with Crippen LogP contribution >= 0.6 is 11.3 Å². The standard InChI is InChI=1S/C11H14N6O2S/c1-3-12-10-9(17(18)19)11(16-6-15-10)14-5-8-4-13-7(2)20-8/h4,6H,3,5H2,1-2H3,(H2,12,14,15,16). The van der Waals surface area contributed by atoms with Crippen LogP contribution in [0.25, 0.3) is 0 Å². The van der Waals surface area contributed by atoms with Crippen molar-refractivity contribution in [3.05, 3.63) is 32.5 Å². The van der Waals surface area contributed by atoms with Crippen molar-refractivity contribution in [3.63, 3.8) is 0 Å². The minimum absolute atomic E-state index is 0.143. The van der Waals surface area contributed by atoms with E-state index in [0.29, 0.717) is 13.1 Å². The lowest BCUT2D eigenvalue weighted by Crippen LogP contribution is -2.09. The van der Waals surface area contributed by atoms with Gasteiger partial charge in [0.15, 0.2) is 0 Å². The van der Waals surface area contributed by atoms with Crippen molar-refractivity contribution >= 4 is 28.7 Å². The Morgan fingerprint density at radius 3 is 2.55 bits per heavy atom. The van der Waals surface area contributed by atoms with E-state index in [1.165, 1.54) is 17.7 Å². The van der Waals surface area contributed by atoms with Gasteiger partial charge in [-0.2, -0.15) is 0 Å². The lowest BCUT2D eigenvalue weighted by molar-refractivity contribution is -0.383. The van der Waals surface area contributed by atoms with Crippen molar-refractivity contribution in [2.45, 2.75) is 20.4 Å². The molecule has 0 fully saturated rings. The Labute approximate surface area is 119 Å². The van der Waals surface area contributed by atoms with Gasteiger partial charge in [-0.1, -0.05) is 0 Å². The fourth-order valence-electron chi connectivity index (χ4n) is 1.64. The highest BCUT2D eigenvalue weighted by Gasteiger charge is 2.22. The van der Waals surface area contributed by atoms with E-state index in [1.807, 2.05) is 13.8 Å². The summed E-state index contributed by atoms with van der Waals surface area (Å²) >= 11 is 1.53. The molecular weight excluding hydrogens is 280 g/mol. The van der Waals surface area contributed by atoms with Gasteiger partial charge in [-0.15, -0.1) is 11.3 Å². The number of thiazole rings is 1. The normalized spacial score (nSPS) is 10.3. The summed E-state index contributed by atoms with van der Waals surface area (Å²) in [7, 11) is 0. The Kier molecular flexibility index (Phi) is 4.41. The number of nitrogens with one attached hydrogen (secondary N) is 2. The molecule has 2 aromatic rings. The number of nitrogens with zero attached hydrogens (tertiary/aromatic N) is 4. The quantitative estimate of drug-likeness (QED) is 0.621. The third kappa shape index (κ3) is 3.18. The van der Waals surface area contributed by atoms with E-state index in [2.05, 4.69) is 25.6 Å². The first-order valence-corrected chi connectivity index (χ1v) is 6.82. The molecule has 0 unspecified atom stereocenters. The maximum absolute atomic E-state index is 11.2. The van der Waals surface area contributed by atoms with Crippen LogP contribution in [-0.4, -0.2) is 26.4 Å². The Morgan fingerprint density at radius 2 is 2.00 bits per heavy atom. The highest BCUT2D eigenvalue weighted by Crippen LogP contribution is 2.29. The van der Waals surface area contributed by atoms with Crippen LogP contribution in [0.3, 0.4) is 0 Å². The van der Waals surface area contributed by atoms with Crippen LogP contribution in [0.5, 0.6) is 0 Å². The second kappa shape index (κ2) is 6.24. The summed E-state index contributed by atoms with van der Waals surface area (Å²) in [6.07, 6.45) is 3.04. The lowest BCUT2D eigenvalue weighted by atomic mass is 10.4. The first kappa shape index (κ1) is 14.1. The highest BCUT2D eigenvalue weighted by molar-refractivity contribution is 7.11. The van der Waals surface area contributed by atoms with Gasteiger partial charge in [-0.25, -0.2) is 15.0 Å². The fourth-order valence-corrected chi connectivity index (χ4v) is 2.37. The Hall–Kier alpha value is -2.29. The minimum Gasteiger partial charge on any atom is -0.364 e. The van der Waals surface area contributed by atoms with Crippen molar-refractivity contribution in [1.82, 2.24) is 15.0 Å². The maximum Gasteiger partial charge on any atom is 0.353 e. The summed E-state index contributed by atoms with van der Waals surface area (Å²) in [6, 6.07) is 0. The molecule has 0 spiro atoms. The zero-order valence-electron chi connectivity index (χ0n) is 11.1. The predicted octanol–water partition coefficient (Wildman–Crippen LogP) is 2.19. The Balaban J connectivity index is 2.22. The summed E-state index contributed by atoms with van der Waals surface area (Å²) in [4.78, 5) is 23.6. The minimum atomic E-state index is -0.488. The molecule has 0 aliphatic rings. The van der Waals surface area contributed by atoms with Gasteiger partial charge >= 0.3 is 5.69 Å². The van der Waals surface area contributed by atoms with Gasteiger partial charge in [0.05, 0.1) is 16.5 Å². The molecule has 20 heavy (non-hydrogen) atoms. The molecule has 2 rings (SSSR count). The summed E-state index contributed by atoms with van der Waals surface area (Å²) in [5.41, 5.74) is -0.143. The first-order valence-electron chi connectivity index (χ1n) is 6.00. The Morgan fingerprint density at radius 1 is 1.30 bits per heavy atom. The summed E-state index contributed by atoms with van der Waals surface area (Å²) < 4.78 is 0. The molecule has 0 bridgehead atoms. The molecule has 0 radical (unpaired) electrons. The van der Waals surface area contributed by atoms with E-state index in [1.54, 1.807) is 6.20 Å². The van der Waals surface area contributed by atoms with Crippen molar-refractivity contribution in [2.24, 2.45) is 0 Å². The summed E-state index contributed by atoms with van der Waals surface area (Å²) in [5.74, 6) is 0.419. The molecule has 0 saturated heterocycles. The van der Waals surface area contributed by atoms with Crippen LogP contribution < -0.4 is 10.6 Å². The van der Waals surface area contributed by atoms with Crippen LogP contribution in [0.15, 0.2) is 12.5 Å². The predicted molar refractivity (Wildman–Crippen MR) is 77.0 cm³/mol. The van der Waals surface area contributed by atoms with Gasteiger partial charge in [0.25, 0.3) is 0 Å². The second-order valence-electron chi connectivity index (χ2n) is 3.91. The van der Waals surface area contributed by atoms with Crippen LogP contribution in [0, 0.1) is 17.0 Å². The number of anilines is 2. The van der Waals surface area contributed by atoms with Crippen LogP contribution in [0.1, 0.15) is 16.8 Å². The molecular formula is C11H14N6O2S. The number of hydrogen-bond acceptors (Lipinski definition) is 8. The topological polar surface area (TPSA) is 106 Å². The Bertz CT molecular complexity index is 615. The molecule has 9 heteroatoms. The average molecular weight is 294 g/mol. The third-order valence-electron chi connectivity index (χ3n) is 2.45. The largest absolute Gasteiger partial charge is 0.364 e. The van der Waals surface area contributed by atoms with Crippen LogP contribution in [0.2, 0.25) is 0 Å². The monoisotopic (exact) mass is 294 g/mol. The van der Waals surface area contributed by atoms with Gasteiger partial charge in [0.1, 0.15) is 6.33 Å².